The van der Waals surface area contributed by atoms with Gasteiger partial charge in [-0.05, 0) is 87.6 Å². The van der Waals surface area contributed by atoms with Crippen LogP contribution in [0.5, 0.6) is 5.75 Å². The second-order valence-electron chi connectivity index (χ2n) is 10.9. The van der Waals surface area contributed by atoms with Crippen molar-refractivity contribution in [2.75, 3.05) is 38.1 Å². The Bertz CT molecular complexity index is 1040. The van der Waals surface area contributed by atoms with Crippen molar-refractivity contribution in [3.63, 3.8) is 0 Å². The first kappa shape index (κ1) is 28.9. The maximum absolute atomic E-state index is 12.5. The molecule has 2 aromatic rings. The van der Waals surface area contributed by atoms with Crippen molar-refractivity contribution in [1.82, 2.24) is 15.2 Å². The number of benzene rings is 1. The smallest absolute Gasteiger partial charge is 0.326 e. The topological polar surface area (TPSA) is 104 Å². The number of carbonyl (C=O) groups excluding carboxylic acids is 1. The van der Waals surface area contributed by atoms with Crippen molar-refractivity contribution in [3.05, 3.63) is 53.7 Å². The lowest BCUT2D eigenvalue weighted by Crippen LogP contribution is -2.44. The minimum atomic E-state index is -0.970. The van der Waals surface area contributed by atoms with Crippen molar-refractivity contribution in [1.29, 1.82) is 0 Å². The van der Waals surface area contributed by atoms with Gasteiger partial charge in [-0.3, -0.25) is 9.69 Å². The standard InChI is InChI=1S/C31H44N4O4/c36-29(23-24-9-4-5-10-24)34-28(31(37)38)17-20-35(21-22-39-27-13-2-1-3-14-27)19-7-6-12-26-16-15-25-11-8-18-32-30(25)33-26/h1-3,13-16,24,28H,4-12,17-23H2,(H,32,33)(H,34,36)(H,37,38). The molecular weight excluding hydrogens is 492 g/mol. The number of hydrogen-bond donors (Lipinski definition) is 3. The van der Waals surface area contributed by atoms with Crippen LogP contribution in [0.15, 0.2) is 42.5 Å². The van der Waals surface area contributed by atoms with Crippen LogP contribution in [0.4, 0.5) is 5.82 Å². The molecule has 2 heterocycles. The Hall–Kier alpha value is -3.13. The van der Waals surface area contributed by atoms with Gasteiger partial charge in [0, 0.05) is 31.7 Å². The van der Waals surface area contributed by atoms with E-state index in [2.05, 4.69) is 27.7 Å². The third-order valence-corrected chi connectivity index (χ3v) is 7.84. The summed E-state index contributed by atoms with van der Waals surface area (Å²) in [6, 6.07) is 13.2. The molecule has 2 aliphatic rings. The average molecular weight is 537 g/mol. The van der Waals surface area contributed by atoms with Crippen LogP contribution in [0.3, 0.4) is 0 Å². The zero-order chi connectivity index (χ0) is 27.3. The van der Waals surface area contributed by atoms with E-state index in [-0.39, 0.29) is 5.91 Å². The van der Waals surface area contributed by atoms with E-state index in [0.717, 1.165) is 75.3 Å². The minimum Gasteiger partial charge on any atom is -0.492 e. The number of rotatable bonds is 16. The third kappa shape index (κ3) is 9.84. The molecule has 1 aromatic carbocycles. The fourth-order valence-electron chi connectivity index (χ4n) is 5.59. The number of carboxylic acids is 1. The molecule has 8 heteroatoms. The fraction of sp³-hybridized carbons (Fsp3) is 0.581. The van der Waals surface area contributed by atoms with Crippen LogP contribution in [0, 0.1) is 5.92 Å². The number of para-hydroxylation sites is 1. The van der Waals surface area contributed by atoms with Gasteiger partial charge in [0.15, 0.2) is 0 Å². The van der Waals surface area contributed by atoms with Gasteiger partial charge >= 0.3 is 5.97 Å². The van der Waals surface area contributed by atoms with E-state index in [9.17, 15) is 14.7 Å². The van der Waals surface area contributed by atoms with E-state index in [1.165, 1.54) is 18.4 Å². The number of amides is 1. The summed E-state index contributed by atoms with van der Waals surface area (Å²) in [6.45, 7) is 3.62. The molecule has 1 aromatic heterocycles. The van der Waals surface area contributed by atoms with E-state index >= 15 is 0 Å². The summed E-state index contributed by atoms with van der Waals surface area (Å²) in [4.78, 5) is 31.5. The number of pyridine rings is 1. The maximum atomic E-state index is 12.5. The molecule has 1 saturated carbocycles. The number of aryl methyl sites for hydroxylation is 2. The highest BCUT2D eigenvalue weighted by atomic mass is 16.5. The van der Waals surface area contributed by atoms with Gasteiger partial charge in [0.2, 0.25) is 5.91 Å². The summed E-state index contributed by atoms with van der Waals surface area (Å²) in [5, 5.41) is 16.0. The van der Waals surface area contributed by atoms with E-state index in [1.807, 2.05) is 30.3 Å². The predicted molar refractivity (Wildman–Crippen MR) is 153 cm³/mol. The Morgan fingerprint density at radius 3 is 2.67 bits per heavy atom. The molecule has 3 N–H and O–H groups in total. The van der Waals surface area contributed by atoms with E-state index in [1.54, 1.807) is 0 Å². The predicted octanol–water partition coefficient (Wildman–Crippen LogP) is 4.68. The number of nitrogens with one attached hydrogen (secondary N) is 2. The molecule has 0 bridgehead atoms. The number of unbranched alkanes of at least 4 members (excludes halogenated alkanes) is 1. The van der Waals surface area contributed by atoms with E-state index in [0.29, 0.717) is 38.5 Å². The molecule has 39 heavy (non-hydrogen) atoms. The first-order valence-corrected chi connectivity index (χ1v) is 14.7. The Labute approximate surface area is 232 Å². The summed E-state index contributed by atoms with van der Waals surface area (Å²) in [5.74, 6) is 1.15. The summed E-state index contributed by atoms with van der Waals surface area (Å²) in [7, 11) is 0. The van der Waals surface area contributed by atoms with Gasteiger partial charge in [-0.15, -0.1) is 0 Å². The number of ether oxygens (including phenoxy) is 1. The molecule has 0 radical (unpaired) electrons. The molecule has 1 fully saturated rings. The SMILES string of the molecule is O=C(CC1CCCC1)NC(CCN(CCCCc1ccc2c(n1)NCCC2)CCOc1ccccc1)C(=O)O. The molecule has 0 saturated heterocycles. The Kier molecular flexibility index (Phi) is 11.4. The van der Waals surface area contributed by atoms with Crippen molar-refractivity contribution in [3.8, 4) is 5.75 Å². The lowest BCUT2D eigenvalue weighted by Gasteiger charge is -2.25. The summed E-state index contributed by atoms with van der Waals surface area (Å²) in [5.41, 5.74) is 2.41. The Morgan fingerprint density at radius 2 is 1.87 bits per heavy atom. The van der Waals surface area contributed by atoms with Gasteiger partial charge in [-0.2, -0.15) is 0 Å². The summed E-state index contributed by atoms with van der Waals surface area (Å²) in [6.07, 6.45) is 10.4. The molecule has 1 amide bonds. The third-order valence-electron chi connectivity index (χ3n) is 7.84. The van der Waals surface area contributed by atoms with Crippen LogP contribution in [-0.4, -0.2) is 65.7 Å². The molecule has 1 aliphatic carbocycles. The monoisotopic (exact) mass is 536 g/mol. The van der Waals surface area contributed by atoms with Gasteiger partial charge in [-0.25, -0.2) is 9.78 Å². The van der Waals surface area contributed by atoms with Crippen molar-refractivity contribution >= 4 is 17.7 Å². The first-order valence-electron chi connectivity index (χ1n) is 14.7. The Morgan fingerprint density at radius 1 is 1.05 bits per heavy atom. The van der Waals surface area contributed by atoms with Crippen molar-refractivity contribution < 1.29 is 19.4 Å². The van der Waals surface area contributed by atoms with Crippen LogP contribution >= 0.6 is 0 Å². The first-order chi connectivity index (χ1) is 19.1. The number of aromatic nitrogens is 1. The van der Waals surface area contributed by atoms with E-state index < -0.39 is 12.0 Å². The zero-order valence-corrected chi connectivity index (χ0v) is 23.1. The largest absolute Gasteiger partial charge is 0.492 e. The summed E-state index contributed by atoms with van der Waals surface area (Å²) < 4.78 is 5.91. The molecule has 1 aliphatic heterocycles. The molecule has 1 atom stereocenters. The summed E-state index contributed by atoms with van der Waals surface area (Å²) >= 11 is 0. The number of nitrogens with zero attached hydrogens (tertiary/aromatic N) is 2. The molecule has 212 valence electrons. The van der Waals surface area contributed by atoms with Crippen LogP contribution in [0.1, 0.15) is 69.0 Å². The molecule has 1 unspecified atom stereocenters. The number of hydrogen-bond acceptors (Lipinski definition) is 6. The quantitative estimate of drug-likeness (QED) is 0.268. The van der Waals surface area contributed by atoms with E-state index in [4.69, 9.17) is 9.72 Å². The van der Waals surface area contributed by atoms with Crippen LogP contribution < -0.4 is 15.4 Å². The molecule has 8 nitrogen and oxygen atoms in total. The van der Waals surface area contributed by atoms with Gasteiger partial charge < -0.3 is 20.5 Å². The highest BCUT2D eigenvalue weighted by molar-refractivity contribution is 5.83. The van der Waals surface area contributed by atoms with Gasteiger partial charge in [0.1, 0.15) is 24.2 Å². The number of aliphatic carboxylic acids is 1. The maximum Gasteiger partial charge on any atom is 0.326 e. The number of carbonyl (C=O) groups is 2. The van der Waals surface area contributed by atoms with Gasteiger partial charge in [0.25, 0.3) is 0 Å². The second kappa shape index (κ2) is 15.5. The average Bonchev–Trinajstić information content (AvgIpc) is 3.46. The fourth-order valence-corrected chi connectivity index (χ4v) is 5.59. The molecular formula is C31H44N4O4. The van der Waals surface area contributed by atoms with Gasteiger partial charge in [0.05, 0.1) is 0 Å². The molecule has 0 spiro atoms. The van der Waals surface area contributed by atoms with Gasteiger partial charge in [-0.1, -0.05) is 37.1 Å². The molecule has 4 rings (SSSR count). The van der Waals surface area contributed by atoms with Crippen molar-refractivity contribution in [2.24, 2.45) is 5.92 Å². The second-order valence-corrected chi connectivity index (χ2v) is 10.9. The van der Waals surface area contributed by atoms with Crippen molar-refractivity contribution in [2.45, 2.75) is 76.7 Å². The Balaban J connectivity index is 1.25. The zero-order valence-electron chi connectivity index (χ0n) is 23.1. The lowest BCUT2D eigenvalue weighted by molar-refractivity contribution is -0.142. The highest BCUT2D eigenvalue weighted by Crippen LogP contribution is 2.27. The lowest BCUT2D eigenvalue weighted by atomic mass is 10.0. The number of carboxylic acid groups (broad SMARTS) is 1. The highest BCUT2D eigenvalue weighted by Gasteiger charge is 2.24. The normalized spacial score (nSPS) is 15.9. The van der Waals surface area contributed by atoms with Crippen LogP contribution in [-0.2, 0) is 22.4 Å². The van der Waals surface area contributed by atoms with Crippen LogP contribution in [0.25, 0.3) is 0 Å². The van der Waals surface area contributed by atoms with Crippen LogP contribution in [0.2, 0.25) is 0 Å². The minimum absolute atomic E-state index is 0.139. The number of anilines is 1. The number of fused-ring (bicyclic) bond motifs is 1.